The molecule has 0 aliphatic heterocycles. The largest absolute Gasteiger partial charge is 0.392 e. The van der Waals surface area contributed by atoms with E-state index in [0.29, 0.717) is 12.0 Å². The molecule has 0 aromatic carbocycles. The van der Waals surface area contributed by atoms with Gasteiger partial charge < -0.3 is 14.6 Å². The molecule has 3 unspecified atom stereocenters. The Hall–Kier alpha value is -0.160. The van der Waals surface area contributed by atoms with Crippen molar-refractivity contribution in [3.8, 4) is 0 Å². The van der Waals surface area contributed by atoms with Crippen LogP contribution in [0.2, 0.25) is 0 Å². The molecule has 0 amide bonds. The number of methoxy groups -OCH3 is 2. The Labute approximate surface area is 124 Å². The van der Waals surface area contributed by atoms with Crippen molar-refractivity contribution in [1.82, 2.24) is 4.90 Å². The molecule has 1 aliphatic carbocycles. The van der Waals surface area contributed by atoms with E-state index in [-0.39, 0.29) is 11.5 Å². The molecule has 0 aromatic rings. The molecule has 0 heterocycles. The molecule has 3 atom stereocenters. The van der Waals surface area contributed by atoms with E-state index in [4.69, 9.17) is 9.47 Å². The third kappa shape index (κ3) is 4.99. The van der Waals surface area contributed by atoms with Crippen molar-refractivity contribution in [3.05, 3.63) is 0 Å². The number of nitrogens with zero attached hydrogens (tertiary/aromatic N) is 1. The first-order chi connectivity index (χ1) is 9.42. The minimum atomic E-state index is -0.212. The Morgan fingerprint density at radius 3 is 2.60 bits per heavy atom. The second kappa shape index (κ2) is 8.32. The Morgan fingerprint density at radius 1 is 1.30 bits per heavy atom. The number of hydrogen-bond donors (Lipinski definition) is 1. The molecule has 1 rings (SSSR count). The van der Waals surface area contributed by atoms with Crippen molar-refractivity contribution in [1.29, 1.82) is 0 Å². The Morgan fingerprint density at radius 2 is 2.00 bits per heavy atom. The van der Waals surface area contributed by atoms with Gasteiger partial charge in [-0.1, -0.05) is 20.3 Å². The number of ether oxygens (including phenoxy) is 2. The summed E-state index contributed by atoms with van der Waals surface area (Å²) in [5.74, 6) is 0.356. The van der Waals surface area contributed by atoms with E-state index in [1.807, 2.05) is 0 Å². The average molecular weight is 287 g/mol. The van der Waals surface area contributed by atoms with E-state index < -0.39 is 0 Å². The van der Waals surface area contributed by atoms with Crippen molar-refractivity contribution >= 4 is 0 Å². The van der Waals surface area contributed by atoms with Gasteiger partial charge in [-0.25, -0.2) is 0 Å². The van der Waals surface area contributed by atoms with Gasteiger partial charge in [0.2, 0.25) is 0 Å². The predicted molar refractivity (Wildman–Crippen MR) is 81.9 cm³/mol. The highest BCUT2D eigenvalue weighted by Crippen LogP contribution is 2.39. The number of hydrogen-bond acceptors (Lipinski definition) is 4. The molecule has 120 valence electrons. The first kappa shape index (κ1) is 17.9. The van der Waals surface area contributed by atoms with Crippen molar-refractivity contribution in [2.24, 2.45) is 11.3 Å². The van der Waals surface area contributed by atoms with Crippen LogP contribution in [-0.2, 0) is 9.47 Å². The zero-order valence-electron chi connectivity index (χ0n) is 13.9. The molecular weight excluding hydrogens is 254 g/mol. The number of aliphatic hydroxyl groups is 1. The SMILES string of the molecule is COCCN(CC1CCCC(C)(C)C1O)C(C)COC. The fraction of sp³-hybridized carbons (Fsp3) is 1.00. The first-order valence-electron chi connectivity index (χ1n) is 7.82. The van der Waals surface area contributed by atoms with Crippen molar-refractivity contribution < 1.29 is 14.6 Å². The molecule has 0 spiro atoms. The van der Waals surface area contributed by atoms with Gasteiger partial charge in [-0.3, -0.25) is 4.90 Å². The molecule has 20 heavy (non-hydrogen) atoms. The summed E-state index contributed by atoms with van der Waals surface area (Å²) >= 11 is 0. The van der Waals surface area contributed by atoms with E-state index in [1.165, 1.54) is 6.42 Å². The quantitative estimate of drug-likeness (QED) is 0.743. The van der Waals surface area contributed by atoms with Gasteiger partial charge in [-0.05, 0) is 31.1 Å². The van der Waals surface area contributed by atoms with Gasteiger partial charge in [0.15, 0.2) is 0 Å². The van der Waals surface area contributed by atoms with Crippen molar-refractivity contribution in [2.75, 3.05) is 40.5 Å². The van der Waals surface area contributed by atoms with E-state index in [1.54, 1.807) is 14.2 Å². The average Bonchev–Trinajstić information content (AvgIpc) is 2.39. The lowest BCUT2D eigenvalue weighted by Gasteiger charge is -2.43. The van der Waals surface area contributed by atoms with Crippen LogP contribution in [0.3, 0.4) is 0 Å². The summed E-state index contributed by atoms with van der Waals surface area (Å²) in [5.41, 5.74) is 0.0420. The smallest absolute Gasteiger partial charge is 0.0631 e. The summed E-state index contributed by atoms with van der Waals surface area (Å²) in [4.78, 5) is 2.39. The van der Waals surface area contributed by atoms with Gasteiger partial charge in [0.25, 0.3) is 0 Å². The molecule has 1 fully saturated rings. The van der Waals surface area contributed by atoms with Gasteiger partial charge in [-0.2, -0.15) is 0 Å². The fourth-order valence-corrected chi connectivity index (χ4v) is 3.30. The maximum absolute atomic E-state index is 10.6. The third-order valence-corrected chi connectivity index (χ3v) is 4.73. The van der Waals surface area contributed by atoms with Crippen LogP contribution in [0, 0.1) is 11.3 Å². The molecule has 0 saturated heterocycles. The molecule has 0 radical (unpaired) electrons. The van der Waals surface area contributed by atoms with Gasteiger partial charge in [0.05, 0.1) is 19.3 Å². The molecule has 0 bridgehead atoms. The molecule has 1 aliphatic rings. The van der Waals surface area contributed by atoms with Crippen LogP contribution in [0.15, 0.2) is 0 Å². The summed E-state index contributed by atoms with van der Waals surface area (Å²) < 4.78 is 10.5. The maximum Gasteiger partial charge on any atom is 0.0631 e. The summed E-state index contributed by atoms with van der Waals surface area (Å²) in [6, 6.07) is 0.354. The molecular formula is C16H33NO3. The van der Waals surface area contributed by atoms with Crippen LogP contribution in [0.25, 0.3) is 0 Å². The van der Waals surface area contributed by atoms with E-state index in [2.05, 4.69) is 25.7 Å². The zero-order valence-corrected chi connectivity index (χ0v) is 13.9. The lowest BCUT2D eigenvalue weighted by atomic mass is 9.69. The van der Waals surface area contributed by atoms with E-state index >= 15 is 0 Å². The predicted octanol–water partition coefficient (Wildman–Crippen LogP) is 2.16. The Kier molecular flexibility index (Phi) is 7.45. The monoisotopic (exact) mass is 287 g/mol. The van der Waals surface area contributed by atoms with Crippen LogP contribution >= 0.6 is 0 Å². The van der Waals surface area contributed by atoms with Crippen molar-refractivity contribution in [3.63, 3.8) is 0 Å². The summed E-state index contributed by atoms with van der Waals surface area (Å²) in [6.07, 6.45) is 3.24. The maximum atomic E-state index is 10.6. The minimum Gasteiger partial charge on any atom is -0.392 e. The van der Waals surface area contributed by atoms with Crippen LogP contribution in [0.1, 0.15) is 40.0 Å². The van der Waals surface area contributed by atoms with Crippen LogP contribution in [-0.4, -0.2) is 62.7 Å². The highest BCUT2D eigenvalue weighted by Gasteiger charge is 2.38. The molecule has 4 heteroatoms. The lowest BCUT2D eigenvalue weighted by molar-refractivity contribution is -0.0513. The zero-order chi connectivity index (χ0) is 15.2. The van der Waals surface area contributed by atoms with Gasteiger partial charge in [0.1, 0.15) is 0 Å². The summed E-state index contributed by atoms with van der Waals surface area (Å²) in [5, 5.41) is 10.6. The molecule has 4 nitrogen and oxygen atoms in total. The summed E-state index contributed by atoms with van der Waals surface area (Å²) in [7, 11) is 3.47. The van der Waals surface area contributed by atoms with E-state index in [9.17, 15) is 5.11 Å². The second-order valence-corrected chi connectivity index (χ2v) is 6.88. The standard InChI is InChI=1S/C16H33NO3/c1-13(12-20-5)17(9-10-19-4)11-14-7-6-8-16(2,3)15(14)18/h13-15,18H,6-12H2,1-5H3. The van der Waals surface area contributed by atoms with Crippen LogP contribution < -0.4 is 0 Å². The Bertz CT molecular complexity index is 270. The highest BCUT2D eigenvalue weighted by molar-refractivity contribution is 4.90. The summed E-state index contributed by atoms with van der Waals surface area (Å²) in [6.45, 7) is 9.81. The molecule has 0 aromatic heterocycles. The van der Waals surface area contributed by atoms with Crippen LogP contribution in [0.5, 0.6) is 0 Å². The van der Waals surface area contributed by atoms with Gasteiger partial charge >= 0.3 is 0 Å². The van der Waals surface area contributed by atoms with Crippen molar-refractivity contribution in [2.45, 2.75) is 52.2 Å². The number of rotatable bonds is 8. The highest BCUT2D eigenvalue weighted by atomic mass is 16.5. The third-order valence-electron chi connectivity index (χ3n) is 4.73. The fourth-order valence-electron chi connectivity index (χ4n) is 3.30. The topological polar surface area (TPSA) is 41.9 Å². The Balaban J connectivity index is 2.62. The first-order valence-corrected chi connectivity index (χ1v) is 7.82. The normalized spacial score (nSPS) is 27.8. The lowest BCUT2D eigenvalue weighted by Crippen LogP contribution is -2.48. The van der Waals surface area contributed by atoms with Crippen LogP contribution in [0.4, 0.5) is 0 Å². The minimum absolute atomic E-state index is 0.0420. The molecule has 1 N–H and O–H groups in total. The molecule has 1 saturated carbocycles. The second-order valence-electron chi connectivity index (χ2n) is 6.88. The van der Waals surface area contributed by atoms with Gasteiger partial charge in [0, 0.05) is 33.4 Å². The number of aliphatic hydroxyl groups excluding tert-OH is 1. The van der Waals surface area contributed by atoms with E-state index in [0.717, 1.165) is 39.1 Å². The van der Waals surface area contributed by atoms with Gasteiger partial charge in [-0.15, -0.1) is 0 Å².